The second kappa shape index (κ2) is 6.96. The normalized spacial score (nSPS) is 13.0. The quantitative estimate of drug-likeness (QED) is 0.717. The van der Waals surface area contributed by atoms with Crippen molar-refractivity contribution < 1.29 is 4.39 Å². The zero-order valence-electron chi connectivity index (χ0n) is 14.6. The standard InChI is InChI=1S/C19H16FN7/c1-12-7-14(9-21)25-26-19(12)27-6-4-16-13(11-27)8-15(10-23-16)24-17-3-2-5-22-18(17)20/h2-3,5,7-8,10,24H,4,6,11H2,1H3. The van der Waals surface area contributed by atoms with Gasteiger partial charge in [0.25, 0.3) is 0 Å². The fourth-order valence-corrected chi connectivity index (χ4v) is 3.16. The fraction of sp³-hybridized carbons (Fsp3) is 0.211. The topological polar surface area (TPSA) is 90.6 Å². The van der Waals surface area contributed by atoms with Crippen LogP contribution in [0.4, 0.5) is 21.6 Å². The molecule has 0 amide bonds. The molecule has 0 bridgehead atoms. The lowest BCUT2D eigenvalue weighted by atomic mass is 10.0. The van der Waals surface area contributed by atoms with Crippen LogP contribution in [0.5, 0.6) is 0 Å². The molecule has 3 aromatic rings. The van der Waals surface area contributed by atoms with Crippen LogP contribution in [0, 0.1) is 24.2 Å². The number of hydrogen-bond donors (Lipinski definition) is 1. The largest absolute Gasteiger partial charge is 0.351 e. The molecule has 0 aromatic carbocycles. The van der Waals surface area contributed by atoms with Crippen LogP contribution in [0.1, 0.15) is 22.5 Å². The second-order valence-corrected chi connectivity index (χ2v) is 6.32. The minimum absolute atomic E-state index is 0.306. The minimum Gasteiger partial charge on any atom is -0.351 e. The summed E-state index contributed by atoms with van der Waals surface area (Å²) in [7, 11) is 0. The molecule has 0 aliphatic carbocycles. The second-order valence-electron chi connectivity index (χ2n) is 6.32. The van der Waals surface area contributed by atoms with Gasteiger partial charge in [-0.1, -0.05) is 0 Å². The average molecular weight is 361 g/mol. The third-order valence-electron chi connectivity index (χ3n) is 4.45. The molecule has 0 unspecified atom stereocenters. The molecule has 1 aliphatic heterocycles. The maximum atomic E-state index is 13.8. The Kier molecular flexibility index (Phi) is 4.34. The number of pyridine rings is 2. The SMILES string of the molecule is Cc1cc(C#N)nnc1N1CCc2ncc(Nc3cccnc3F)cc2C1. The molecule has 0 saturated heterocycles. The zero-order chi connectivity index (χ0) is 18.8. The highest BCUT2D eigenvalue weighted by molar-refractivity contribution is 5.60. The first kappa shape index (κ1) is 16.8. The third kappa shape index (κ3) is 3.40. The number of fused-ring (bicyclic) bond motifs is 1. The molecular weight excluding hydrogens is 345 g/mol. The number of aryl methyl sites for hydroxylation is 1. The van der Waals surface area contributed by atoms with Crippen molar-refractivity contribution in [2.75, 3.05) is 16.8 Å². The van der Waals surface area contributed by atoms with Crippen molar-refractivity contribution in [3.8, 4) is 6.07 Å². The van der Waals surface area contributed by atoms with E-state index in [4.69, 9.17) is 5.26 Å². The number of rotatable bonds is 3. The Morgan fingerprint density at radius 2 is 2.15 bits per heavy atom. The summed E-state index contributed by atoms with van der Waals surface area (Å²) in [6, 6.07) is 9.00. The van der Waals surface area contributed by atoms with Gasteiger partial charge >= 0.3 is 0 Å². The third-order valence-corrected chi connectivity index (χ3v) is 4.45. The predicted molar refractivity (Wildman–Crippen MR) is 98.0 cm³/mol. The van der Waals surface area contributed by atoms with Crippen LogP contribution in [0.15, 0.2) is 36.7 Å². The average Bonchev–Trinajstić information content (AvgIpc) is 2.69. The summed E-state index contributed by atoms with van der Waals surface area (Å²) in [6.07, 6.45) is 3.89. The monoisotopic (exact) mass is 361 g/mol. The molecule has 7 nitrogen and oxygen atoms in total. The van der Waals surface area contributed by atoms with Crippen LogP contribution >= 0.6 is 0 Å². The first-order chi connectivity index (χ1) is 13.1. The van der Waals surface area contributed by atoms with Gasteiger partial charge in [0, 0.05) is 31.4 Å². The molecule has 27 heavy (non-hydrogen) atoms. The molecule has 134 valence electrons. The van der Waals surface area contributed by atoms with Gasteiger partial charge in [-0.25, -0.2) is 4.98 Å². The highest BCUT2D eigenvalue weighted by atomic mass is 19.1. The highest BCUT2D eigenvalue weighted by Gasteiger charge is 2.21. The summed E-state index contributed by atoms with van der Waals surface area (Å²) >= 11 is 0. The predicted octanol–water partition coefficient (Wildman–Crippen LogP) is 2.89. The van der Waals surface area contributed by atoms with Crippen LogP contribution in [-0.4, -0.2) is 26.7 Å². The van der Waals surface area contributed by atoms with Crippen LogP contribution in [-0.2, 0) is 13.0 Å². The summed E-state index contributed by atoms with van der Waals surface area (Å²) in [5.41, 5.74) is 4.28. The number of aromatic nitrogens is 4. The maximum Gasteiger partial charge on any atom is 0.236 e. The van der Waals surface area contributed by atoms with Crippen LogP contribution < -0.4 is 10.2 Å². The Morgan fingerprint density at radius 3 is 2.93 bits per heavy atom. The Balaban J connectivity index is 1.59. The molecule has 1 N–H and O–H groups in total. The number of hydrogen-bond acceptors (Lipinski definition) is 7. The Labute approximate surface area is 155 Å². The van der Waals surface area contributed by atoms with Gasteiger partial charge in [0.05, 0.1) is 17.6 Å². The van der Waals surface area contributed by atoms with E-state index in [9.17, 15) is 4.39 Å². The van der Waals surface area contributed by atoms with Gasteiger partial charge in [-0.15, -0.1) is 10.2 Å². The molecule has 0 radical (unpaired) electrons. The van der Waals surface area contributed by atoms with Crippen molar-refractivity contribution in [1.29, 1.82) is 5.26 Å². The highest BCUT2D eigenvalue weighted by Crippen LogP contribution is 2.27. The summed E-state index contributed by atoms with van der Waals surface area (Å²) in [5, 5.41) is 20.1. The van der Waals surface area contributed by atoms with Gasteiger partial charge in [0.1, 0.15) is 6.07 Å². The van der Waals surface area contributed by atoms with Gasteiger partial charge in [0.15, 0.2) is 11.5 Å². The molecule has 8 heteroatoms. The van der Waals surface area contributed by atoms with Gasteiger partial charge in [-0.2, -0.15) is 9.65 Å². The van der Waals surface area contributed by atoms with Gasteiger partial charge in [-0.05, 0) is 42.3 Å². The lowest BCUT2D eigenvalue weighted by Crippen LogP contribution is -2.32. The smallest absolute Gasteiger partial charge is 0.236 e. The van der Waals surface area contributed by atoms with Crippen molar-refractivity contribution in [1.82, 2.24) is 20.2 Å². The van der Waals surface area contributed by atoms with E-state index in [1.807, 2.05) is 19.1 Å². The summed E-state index contributed by atoms with van der Waals surface area (Å²) in [4.78, 5) is 10.3. The zero-order valence-corrected chi connectivity index (χ0v) is 14.6. The number of nitriles is 1. The van der Waals surface area contributed by atoms with Crippen LogP contribution in [0.3, 0.4) is 0 Å². The van der Waals surface area contributed by atoms with E-state index in [0.717, 1.165) is 35.6 Å². The summed E-state index contributed by atoms with van der Waals surface area (Å²) in [6.45, 7) is 3.31. The molecule has 0 spiro atoms. The molecule has 4 heterocycles. The van der Waals surface area contributed by atoms with Crippen molar-refractivity contribution in [3.05, 3.63) is 65.1 Å². The Hall–Kier alpha value is -3.60. The lowest BCUT2D eigenvalue weighted by Gasteiger charge is -2.30. The fourth-order valence-electron chi connectivity index (χ4n) is 3.16. The molecule has 0 atom stereocenters. The van der Waals surface area contributed by atoms with Crippen LogP contribution in [0.2, 0.25) is 0 Å². The van der Waals surface area contributed by atoms with Crippen molar-refractivity contribution in [3.63, 3.8) is 0 Å². The summed E-state index contributed by atoms with van der Waals surface area (Å²) in [5.74, 6) is 0.205. The molecule has 4 rings (SSSR count). The van der Waals surface area contributed by atoms with Gasteiger partial charge in [-0.3, -0.25) is 4.98 Å². The first-order valence-electron chi connectivity index (χ1n) is 8.49. The summed E-state index contributed by atoms with van der Waals surface area (Å²) < 4.78 is 13.8. The van der Waals surface area contributed by atoms with E-state index < -0.39 is 5.95 Å². The number of halogens is 1. The number of nitrogens with zero attached hydrogens (tertiary/aromatic N) is 6. The van der Waals surface area contributed by atoms with Gasteiger partial charge < -0.3 is 10.2 Å². The Bertz CT molecular complexity index is 1040. The first-order valence-corrected chi connectivity index (χ1v) is 8.49. The maximum absolute atomic E-state index is 13.8. The molecule has 0 saturated carbocycles. The molecule has 1 aliphatic rings. The lowest BCUT2D eigenvalue weighted by molar-refractivity contribution is 0.588. The van der Waals surface area contributed by atoms with E-state index in [1.165, 1.54) is 6.20 Å². The van der Waals surface area contributed by atoms with E-state index >= 15 is 0 Å². The van der Waals surface area contributed by atoms with E-state index in [2.05, 4.69) is 30.4 Å². The molecule has 0 fully saturated rings. The van der Waals surface area contributed by atoms with E-state index in [0.29, 0.717) is 23.6 Å². The van der Waals surface area contributed by atoms with E-state index in [1.54, 1.807) is 24.4 Å². The minimum atomic E-state index is -0.555. The van der Waals surface area contributed by atoms with E-state index in [-0.39, 0.29) is 0 Å². The molecular formula is C19H16FN7. The number of nitrogens with one attached hydrogen (secondary N) is 1. The van der Waals surface area contributed by atoms with Gasteiger partial charge in [0.2, 0.25) is 5.95 Å². The number of anilines is 3. The Morgan fingerprint density at radius 1 is 1.26 bits per heavy atom. The van der Waals surface area contributed by atoms with Crippen molar-refractivity contribution >= 4 is 17.2 Å². The van der Waals surface area contributed by atoms with Crippen LogP contribution in [0.25, 0.3) is 0 Å². The van der Waals surface area contributed by atoms with Crippen molar-refractivity contribution in [2.24, 2.45) is 0 Å². The molecule has 3 aromatic heterocycles. The van der Waals surface area contributed by atoms with Crippen molar-refractivity contribution in [2.45, 2.75) is 19.9 Å².